The molecule has 0 aliphatic rings. The second-order valence-corrected chi connectivity index (χ2v) is 3.59. The van der Waals surface area contributed by atoms with Gasteiger partial charge >= 0.3 is 5.97 Å². The van der Waals surface area contributed by atoms with Gasteiger partial charge in [-0.05, 0) is 5.56 Å². The van der Waals surface area contributed by atoms with Crippen LogP contribution in [0.15, 0.2) is 30.3 Å². The number of halogens is 1. The molecule has 0 saturated carbocycles. The first kappa shape index (κ1) is 11.1. The molecule has 0 saturated heterocycles. The fraction of sp³-hybridized carbons (Fsp3) is 0.364. The Morgan fingerprint density at radius 3 is 2.43 bits per heavy atom. The van der Waals surface area contributed by atoms with Crippen LogP contribution in [0.4, 0.5) is 0 Å². The highest BCUT2D eigenvalue weighted by atomic mass is 35.5. The Morgan fingerprint density at radius 1 is 1.36 bits per heavy atom. The molecule has 0 spiro atoms. The molecule has 0 N–H and O–H groups in total. The van der Waals surface area contributed by atoms with Crippen molar-refractivity contribution in [3.05, 3.63) is 35.9 Å². The second-order valence-electron chi connectivity index (χ2n) is 3.12. The van der Waals surface area contributed by atoms with Crippen LogP contribution in [0.25, 0.3) is 0 Å². The summed E-state index contributed by atoms with van der Waals surface area (Å²) in [5.41, 5.74) is 1.04. The van der Waals surface area contributed by atoms with Gasteiger partial charge in [-0.1, -0.05) is 37.3 Å². The highest BCUT2D eigenvalue weighted by Crippen LogP contribution is 2.23. The van der Waals surface area contributed by atoms with Crippen LogP contribution in [0.1, 0.15) is 18.4 Å². The standard InChI is InChI=1S/C11H13ClO2/c1-8(10(12)11(13)14-2)9-6-4-3-5-7-9/h3-8,10H,1-2H3. The SMILES string of the molecule is COC(=O)C(Cl)C(C)c1ccccc1. The first-order chi connectivity index (χ1) is 6.66. The summed E-state index contributed by atoms with van der Waals surface area (Å²) in [4.78, 5) is 11.2. The van der Waals surface area contributed by atoms with E-state index in [0.717, 1.165) is 5.56 Å². The van der Waals surface area contributed by atoms with Gasteiger partial charge in [-0.3, -0.25) is 4.79 Å². The topological polar surface area (TPSA) is 26.3 Å². The van der Waals surface area contributed by atoms with Gasteiger partial charge in [-0.2, -0.15) is 0 Å². The number of methoxy groups -OCH3 is 1. The summed E-state index contributed by atoms with van der Waals surface area (Å²) in [6, 6.07) is 9.67. The fourth-order valence-electron chi connectivity index (χ4n) is 1.24. The van der Waals surface area contributed by atoms with E-state index in [1.165, 1.54) is 7.11 Å². The number of benzene rings is 1. The number of rotatable bonds is 3. The predicted molar refractivity (Wildman–Crippen MR) is 56.5 cm³/mol. The average Bonchev–Trinajstić information content (AvgIpc) is 2.27. The number of esters is 1. The number of alkyl halides is 1. The first-order valence-electron chi connectivity index (χ1n) is 4.43. The Labute approximate surface area is 88.8 Å². The van der Waals surface area contributed by atoms with Gasteiger partial charge in [0.25, 0.3) is 0 Å². The Kier molecular flexibility index (Phi) is 3.96. The van der Waals surface area contributed by atoms with Crippen LogP contribution >= 0.6 is 11.6 Å². The van der Waals surface area contributed by atoms with Crippen LogP contribution in [-0.2, 0) is 9.53 Å². The Hall–Kier alpha value is -1.02. The van der Waals surface area contributed by atoms with E-state index >= 15 is 0 Å². The molecule has 1 rings (SSSR count). The van der Waals surface area contributed by atoms with E-state index in [4.69, 9.17) is 11.6 Å². The van der Waals surface area contributed by atoms with Crippen LogP contribution in [0.5, 0.6) is 0 Å². The van der Waals surface area contributed by atoms with Crippen molar-refractivity contribution >= 4 is 17.6 Å². The molecule has 2 nitrogen and oxygen atoms in total. The molecule has 2 unspecified atom stereocenters. The number of hydrogen-bond donors (Lipinski definition) is 0. The molecule has 0 radical (unpaired) electrons. The minimum atomic E-state index is -0.623. The lowest BCUT2D eigenvalue weighted by atomic mass is 9.98. The van der Waals surface area contributed by atoms with Gasteiger partial charge in [0.15, 0.2) is 0 Å². The zero-order valence-corrected chi connectivity index (χ0v) is 8.99. The number of hydrogen-bond acceptors (Lipinski definition) is 2. The van der Waals surface area contributed by atoms with Crippen molar-refractivity contribution in [2.45, 2.75) is 18.2 Å². The normalized spacial score (nSPS) is 14.5. The third-order valence-corrected chi connectivity index (χ3v) is 2.75. The van der Waals surface area contributed by atoms with Crippen molar-refractivity contribution in [1.29, 1.82) is 0 Å². The van der Waals surface area contributed by atoms with Gasteiger partial charge in [-0.15, -0.1) is 11.6 Å². The fourth-order valence-corrected chi connectivity index (χ4v) is 1.48. The number of carbonyl (C=O) groups is 1. The van der Waals surface area contributed by atoms with Gasteiger partial charge in [0.2, 0.25) is 0 Å². The van der Waals surface area contributed by atoms with Crippen molar-refractivity contribution in [3.8, 4) is 0 Å². The lowest BCUT2D eigenvalue weighted by Gasteiger charge is -2.15. The summed E-state index contributed by atoms with van der Waals surface area (Å²) < 4.78 is 4.58. The number of carbonyl (C=O) groups excluding carboxylic acids is 1. The molecular weight excluding hydrogens is 200 g/mol. The third-order valence-electron chi connectivity index (χ3n) is 2.19. The summed E-state index contributed by atoms with van der Waals surface area (Å²) >= 11 is 5.94. The van der Waals surface area contributed by atoms with Crippen LogP contribution in [0, 0.1) is 0 Å². The molecule has 1 aromatic carbocycles. The summed E-state index contributed by atoms with van der Waals surface area (Å²) in [6.07, 6.45) is 0. The van der Waals surface area contributed by atoms with Gasteiger partial charge < -0.3 is 4.74 Å². The van der Waals surface area contributed by atoms with Gasteiger partial charge in [0.05, 0.1) is 7.11 Å². The summed E-state index contributed by atoms with van der Waals surface area (Å²) in [5, 5.41) is -0.623. The average molecular weight is 213 g/mol. The number of ether oxygens (including phenoxy) is 1. The highest BCUT2D eigenvalue weighted by molar-refractivity contribution is 6.30. The maximum atomic E-state index is 11.2. The third kappa shape index (κ3) is 2.48. The molecule has 0 aromatic heterocycles. The monoisotopic (exact) mass is 212 g/mol. The maximum absolute atomic E-state index is 11.2. The van der Waals surface area contributed by atoms with Crippen molar-refractivity contribution in [1.82, 2.24) is 0 Å². The molecular formula is C11H13ClO2. The Morgan fingerprint density at radius 2 is 1.93 bits per heavy atom. The highest BCUT2D eigenvalue weighted by Gasteiger charge is 2.24. The molecule has 76 valence electrons. The van der Waals surface area contributed by atoms with Crippen LogP contribution < -0.4 is 0 Å². The van der Waals surface area contributed by atoms with Crippen molar-refractivity contribution in [2.75, 3.05) is 7.11 Å². The molecule has 14 heavy (non-hydrogen) atoms. The molecule has 2 atom stereocenters. The zero-order chi connectivity index (χ0) is 10.6. The van der Waals surface area contributed by atoms with Gasteiger partial charge in [0, 0.05) is 5.92 Å². The summed E-state index contributed by atoms with van der Waals surface area (Å²) in [7, 11) is 1.34. The summed E-state index contributed by atoms with van der Waals surface area (Å²) in [6.45, 7) is 1.91. The molecule has 0 heterocycles. The predicted octanol–water partition coefficient (Wildman–Crippen LogP) is 2.57. The van der Waals surface area contributed by atoms with E-state index in [1.54, 1.807) is 0 Å². The van der Waals surface area contributed by atoms with Crippen molar-refractivity contribution in [2.24, 2.45) is 0 Å². The molecule has 0 aliphatic heterocycles. The molecule has 1 aromatic rings. The minimum absolute atomic E-state index is 0.0367. The van der Waals surface area contributed by atoms with Crippen molar-refractivity contribution < 1.29 is 9.53 Å². The van der Waals surface area contributed by atoms with Crippen molar-refractivity contribution in [3.63, 3.8) is 0 Å². The summed E-state index contributed by atoms with van der Waals surface area (Å²) in [5.74, 6) is -0.423. The van der Waals surface area contributed by atoms with Crippen LogP contribution in [-0.4, -0.2) is 18.5 Å². The minimum Gasteiger partial charge on any atom is -0.468 e. The maximum Gasteiger partial charge on any atom is 0.324 e. The molecule has 3 heteroatoms. The van der Waals surface area contributed by atoms with E-state index in [9.17, 15) is 4.79 Å². The lowest BCUT2D eigenvalue weighted by molar-refractivity contribution is -0.140. The van der Waals surface area contributed by atoms with Gasteiger partial charge in [0.1, 0.15) is 5.38 Å². The zero-order valence-electron chi connectivity index (χ0n) is 8.24. The van der Waals surface area contributed by atoms with Crippen LogP contribution in [0.2, 0.25) is 0 Å². The molecule has 0 amide bonds. The van der Waals surface area contributed by atoms with E-state index in [0.29, 0.717) is 0 Å². The van der Waals surface area contributed by atoms with E-state index < -0.39 is 5.38 Å². The van der Waals surface area contributed by atoms with E-state index in [2.05, 4.69) is 4.74 Å². The smallest absolute Gasteiger partial charge is 0.324 e. The second kappa shape index (κ2) is 5.01. The Balaban J connectivity index is 2.75. The molecule has 0 aliphatic carbocycles. The molecule has 0 fully saturated rings. The Bertz CT molecular complexity index is 297. The van der Waals surface area contributed by atoms with E-state index in [1.807, 2.05) is 37.3 Å². The lowest BCUT2D eigenvalue weighted by Crippen LogP contribution is -2.22. The van der Waals surface area contributed by atoms with Gasteiger partial charge in [-0.25, -0.2) is 0 Å². The molecule has 0 bridgehead atoms. The first-order valence-corrected chi connectivity index (χ1v) is 4.87. The van der Waals surface area contributed by atoms with E-state index in [-0.39, 0.29) is 11.9 Å². The quantitative estimate of drug-likeness (QED) is 0.569. The largest absolute Gasteiger partial charge is 0.468 e. The van der Waals surface area contributed by atoms with Crippen LogP contribution in [0.3, 0.4) is 0 Å².